The molecule has 0 saturated carbocycles. The molecule has 0 aliphatic rings. The van der Waals surface area contributed by atoms with E-state index in [1.165, 1.54) is 18.5 Å². The quantitative estimate of drug-likeness (QED) is 0.755. The molecule has 1 N–H and O–H groups in total. The van der Waals surface area contributed by atoms with Crippen molar-refractivity contribution in [2.45, 2.75) is 12.8 Å². The molecule has 0 bridgehead atoms. The van der Waals surface area contributed by atoms with E-state index in [9.17, 15) is 13.2 Å². The maximum absolute atomic E-state index is 12.1. The van der Waals surface area contributed by atoms with Crippen LogP contribution in [0.1, 0.15) is 5.56 Å². The summed E-state index contributed by atoms with van der Waals surface area (Å²) in [6.45, 7) is 0.613. The third-order valence-electron chi connectivity index (χ3n) is 3.12. The highest BCUT2D eigenvalue weighted by Crippen LogP contribution is 2.24. The van der Waals surface area contributed by atoms with Gasteiger partial charge in [-0.3, -0.25) is 0 Å². The Balaban J connectivity index is 1.57. The number of alkyl halides is 3. The molecule has 2 heterocycles. The maximum Gasteiger partial charge on any atom is 0.573 e. The highest BCUT2D eigenvalue weighted by Gasteiger charge is 2.30. The van der Waals surface area contributed by atoms with Crippen LogP contribution in [0.15, 0.2) is 42.0 Å². The number of nitrogens with one attached hydrogen (secondary N) is 1. The number of anilines is 1. The summed E-state index contributed by atoms with van der Waals surface area (Å²) in [6.07, 6.45) is -2.51. The molecule has 0 unspecified atom stereocenters. The van der Waals surface area contributed by atoms with Crippen LogP contribution < -0.4 is 10.1 Å². The van der Waals surface area contributed by atoms with Crippen molar-refractivity contribution >= 4 is 27.4 Å². The van der Waals surface area contributed by atoms with Crippen LogP contribution in [0.25, 0.3) is 10.2 Å². The molecule has 23 heavy (non-hydrogen) atoms. The van der Waals surface area contributed by atoms with Crippen LogP contribution in [-0.4, -0.2) is 22.9 Å². The van der Waals surface area contributed by atoms with Crippen LogP contribution in [0, 0.1) is 0 Å². The fraction of sp³-hybridized carbons (Fsp3) is 0.200. The number of rotatable bonds is 5. The summed E-state index contributed by atoms with van der Waals surface area (Å²) in [5.41, 5.74) is 0.905. The first-order chi connectivity index (χ1) is 11.0. The third-order valence-corrected chi connectivity index (χ3v) is 3.95. The molecule has 1 aromatic carbocycles. The second-order valence-electron chi connectivity index (χ2n) is 4.73. The Bertz CT molecular complexity index is 787. The predicted molar refractivity (Wildman–Crippen MR) is 82.7 cm³/mol. The van der Waals surface area contributed by atoms with E-state index in [2.05, 4.69) is 20.0 Å². The minimum atomic E-state index is -4.66. The second kappa shape index (κ2) is 6.41. The molecule has 120 valence electrons. The Labute approximate surface area is 134 Å². The summed E-state index contributed by atoms with van der Waals surface area (Å²) in [6, 6.07) is 7.80. The summed E-state index contributed by atoms with van der Waals surface area (Å²) in [4.78, 5) is 9.29. The number of hydrogen-bond donors (Lipinski definition) is 1. The number of thiophene rings is 1. The molecule has 2 aromatic heterocycles. The monoisotopic (exact) mass is 339 g/mol. The normalized spacial score (nSPS) is 11.6. The largest absolute Gasteiger partial charge is 0.573 e. The molecule has 0 aliphatic heterocycles. The number of hydrogen-bond acceptors (Lipinski definition) is 5. The first kappa shape index (κ1) is 15.5. The fourth-order valence-corrected chi connectivity index (χ4v) is 2.85. The van der Waals surface area contributed by atoms with Crippen molar-refractivity contribution in [3.8, 4) is 5.75 Å². The van der Waals surface area contributed by atoms with E-state index in [-0.39, 0.29) is 5.75 Å². The molecule has 8 heteroatoms. The topological polar surface area (TPSA) is 47.0 Å². The van der Waals surface area contributed by atoms with E-state index >= 15 is 0 Å². The van der Waals surface area contributed by atoms with Crippen molar-refractivity contribution in [3.63, 3.8) is 0 Å². The number of ether oxygens (including phenoxy) is 1. The Kier molecular flexibility index (Phi) is 4.33. The zero-order valence-corrected chi connectivity index (χ0v) is 12.6. The molecule has 0 spiro atoms. The third kappa shape index (κ3) is 4.10. The molecular weight excluding hydrogens is 327 g/mol. The van der Waals surface area contributed by atoms with Crippen molar-refractivity contribution < 1.29 is 17.9 Å². The molecular formula is C15H12F3N3OS. The molecule has 0 amide bonds. The molecule has 3 rings (SSSR count). The fourth-order valence-electron chi connectivity index (χ4n) is 2.11. The van der Waals surface area contributed by atoms with Crippen LogP contribution >= 0.6 is 11.3 Å². The summed E-state index contributed by atoms with van der Waals surface area (Å²) in [7, 11) is 0. The lowest BCUT2D eigenvalue weighted by Gasteiger charge is -2.10. The van der Waals surface area contributed by atoms with Crippen molar-refractivity contribution in [2.75, 3.05) is 11.9 Å². The highest BCUT2D eigenvalue weighted by atomic mass is 32.1. The number of halogens is 3. The van der Waals surface area contributed by atoms with Gasteiger partial charge in [-0.25, -0.2) is 9.97 Å². The van der Waals surface area contributed by atoms with E-state index in [1.54, 1.807) is 23.5 Å². The van der Waals surface area contributed by atoms with Gasteiger partial charge in [-0.05, 0) is 35.6 Å². The van der Waals surface area contributed by atoms with Crippen LogP contribution in [0.3, 0.4) is 0 Å². The van der Waals surface area contributed by atoms with Crippen LogP contribution in [0.5, 0.6) is 5.75 Å². The molecule has 3 aromatic rings. The van der Waals surface area contributed by atoms with Crippen LogP contribution in [0.4, 0.5) is 19.0 Å². The van der Waals surface area contributed by atoms with Crippen LogP contribution in [0.2, 0.25) is 0 Å². The lowest BCUT2D eigenvalue weighted by molar-refractivity contribution is -0.274. The number of fused-ring (bicyclic) bond motifs is 1. The second-order valence-corrected chi connectivity index (χ2v) is 5.62. The van der Waals surface area contributed by atoms with Gasteiger partial charge < -0.3 is 10.1 Å². The average Bonchev–Trinajstić information content (AvgIpc) is 2.97. The lowest BCUT2D eigenvalue weighted by atomic mass is 10.1. The van der Waals surface area contributed by atoms with Crippen molar-refractivity contribution in [1.82, 2.24) is 9.97 Å². The smallest absolute Gasteiger partial charge is 0.406 e. The minimum absolute atomic E-state index is 0.218. The van der Waals surface area contributed by atoms with E-state index < -0.39 is 6.36 Å². The molecule has 0 fully saturated rings. The van der Waals surface area contributed by atoms with Crippen molar-refractivity contribution in [3.05, 3.63) is 47.6 Å². The van der Waals surface area contributed by atoms with Gasteiger partial charge in [0.05, 0.1) is 5.39 Å². The van der Waals surface area contributed by atoms with E-state index in [4.69, 9.17) is 0 Å². The molecule has 0 aliphatic carbocycles. The van der Waals surface area contributed by atoms with Crippen LogP contribution in [-0.2, 0) is 6.42 Å². The van der Waals surface area contributed by atoms with Gasteiger partial charge in [-0.15, -0.1) is 24.5 Å². The van der Waals surface area contributed by atoms with Gasteiger partial charge >= 0.3 is 6.36 Å². The molecule has 0 radical (unpaired) electrons. The zero-order chi connectivity index (χ0) is 16.3. The van der Waals surface area contributed by atoms with Gasteiger partial charge in [0, 0.05) is 6.54 Å². The zero-order valence-electron chi connectivity index (χ0n) is 11.8. The number of aromatic nitrogens is 2. The summed E-state index contributed by atoms with van der Waals surface area (Å²) >= 11 is 1.54. The average molecular weight is 339 g/mol. The van der Waals surface area contributed by atoms with Gasteiger partial charge in [-0.1, -0.05) is 12.1 Å². The minimum Gasteiger partial charge on any atom is -0.406 e. The maximum atomic E-state index is 12.1. The van der Waals surface area contributed by atoms with Gasteiger partial charge in [0.15, 0.2) is 0 Å². The van der Waals surface area contributed by atoms with E-state index in [0.29, 0.717) is 13.0 Å². The van der Waals surface area contributed by atoms with Gasteiger partial charge in [0.2, 0.25) is 0 Å². The van der Waals surface area contributed by atoms with Crippen molar-refractivity contribution in [2.24, 2.45) is 0 Å². The van der Waals surface area contributed by atoms with E-state index in [1.807, 2.05) is 11.4 Å². The molecule has 0 saturated heterocycles. The Morgan fingerprint density at radius 2 is 1.87 bits per heavy atom. The van der Waals surface area contributed by atoms with Gasteiger partial charge in [0.1, 0.15) is 22.7 Å². The summed E-state index contributed by atoms with van der Waals surface area (Å²) in [5, 5.41) is 6.13. The van der Waals surface area contributed by atoms with Gasteiger partial charge in [0.25, 0.3) is 0 Å². The predicted octanol–water partition coefficient (Wildman–Crippen LogP) is 4.24. The number of nitrogens with zero attached hydrogens (tertiary/aromatic N) is 2. The van der Waals surface area contributed by atoms with Gasteiger partial charge in [-0.2, -0.15) is 0 Å². The Hall–Kier alpha value is -2.35. The van der Waals surface area contributed by atoms with E-state index in [0.717, 1.165) is 21.6 Å². The SMILES string of the molecule is FC(F)(F)Oc1ccc(CCNc2ncnc3sccc23)cc1. The standard InChI is InChI=1S/C15H12F3N3OS/c16-15(17,18)22-11-3-1-10(2-4-11)5-7-19-13-12-6-8-23-14(12)21-9-20-13/h1-4,6,8-9H,5,7H2,(H,19,20,21). The summed E-state index contributed by atoms with van der Waals surface area (Å²) < 4.78 is 40.1. The highest BCUT2D eigenvalue weighted by molar-refractivity contribution is 7.16. The van der Waals surface area contributed by atoms with Crippen molar-refractivity contribution in [1.29, 1.82) is 0 Å². The Morgan fingerprint density at radius 3 is 2.61 bits per heavy atom. The first-order valence-corrected chi connectivity index (χ1v) is 7.66. The molecule has 4 nitrogen and oxygen atoms in total. The summed E-state index contributed by atoms with van der Waals surface area (Å²) in [5.74, 6) is 0.540. The number of benzene rings is 1. The first-order valence-electron chi connectivity index (χ1n) is 6.78. The Morgan fingerprint density at radius 1 is 1.09 bits per heavy atom. The molecule has 0 atom stereocenters. The lowest BCUT2D eigenvalue weighted by Crippen LogP contribution is -2.17.